The standard InChI is InChI=1S/C15H18N3O3/c1-10(19)9-18-14(8-16-2)17-13(15(18)21)7-11-3-5-12(20)6-4-11/h3-7,12,16,21H,8-9H2,1-2H3/q-1/p-1. The quantitative estimate of drug-likeness (QED) is 0.788. The molecule has 0 fully saturated rings. The fourth-order valence-electron chi connectivity index (χ4n) is 2.06. The van der Waals surface area contributed by atoms with Gasteiger partial charge >= 0.3 is 0 Å². The number of carbonyl (C=O) groups is 1. The first-order valence-electron chi connectivity index (χ1n) is 6.65. The van der Waals surface area contributed by atoms with Gasteiger partial charge in [0, 0.05) is 0 Å². The summed E-state index contributed by atoms with van der Waals surface area (Å²) in [6.07, 6.45) is 7.13. The lowest BCUT2D eigenvalue weighted by Crippen LogP contribution is -2.20. The van der Waals surface area contributed by atoms with E-state index in [-0.39, 0.29) is 23.9 Å². The first kappa shape index (κ1) is 15.2. The first-order valence-corrected chi connectivity index (χ1v) is 6.65. The highest BCUT2D eigenvalue weighted by atomic mass is 16.3. The van der Waals surface area contributed by atoms with Crippen molar-refractivity contribution in [3.63, 3.8) is 0 Å². The van der Waals surface area contributed by atoms with Gasteiger partial charge in [-0.1, -0.05) is 30.4 Å². The largest absolute Gasteiger partial charge is 0.859 e. The minimum atomic E-state index is -0.844. The van der Waals surface area contributed by atoms with Crippen LogP contribution in [0.25, 0.3) is 6.08 Å². The third-order valence-electron chi connectivity index (χ3n) is 3.00. The molecule has 6 nitrogen and oxygen atoms in total. The van der Waals surface area contributed by atoms with E-state index in [4.69, 9.17) is 0 Å². The van der Waals surface area contributed by atoms with Crippen molar-refractivity contribution in [3.05, 3.63) is 41.4 Å². The number of rotatable bonds is 5. The molecule has 1 N–H and O–H groups in total. The maximum absolute atomic E-state index is 12.3. The number of hydrogen-bond acceptors (Lipinski definition) is 5. The number of Topliss-reactive ketones (excluding diaryl/α,β-unsaturated/α-hetero) is 1. The van der Waals surface area contributed by atoms with E-state index < -0.39 is 6.10 Å². The molecule has 0 aromatic carbocycles. The molecule has 6 heteroatoms. The molecule has 0 atom stereocenters. The Labute approximate surface area is 123 Å². The molecule has 0 bridgehead atoms. The number of carbonyl (C=O) groups excluding carboxylic acids is 1. The van der Waals surface area contributed by atoms with E-state index in [0.29, 0.717) is 12.4 Å². The van der Waals surface area contributed by atoms with Gasteiger partial charge in [0.15, 0.2) is 0 Å². The summed E-state index contributed by atoms with van der Waals surface area (Å²) in [6.45, 7) is 1.85. The van der Waals surface area contributed by atoms with Gasteiger partial charge in [-0.05, 0) is 31.5 Å². The van der Waals surface area contributed by atoms with Crippen LogP contribution in [0.5, 0.6) is 5.88 Å². The molecule has 2 rings (SSSR count). The Balaban J connectivity index is 2.36. The molecule has 0 amide bonds. The normalized spacial score (nSPS) is 17.3. The maximum Gasteiger partial charge on any atom is 0.149 e. The van der Waals surface area contributed by atoms with Crippen molar-refractivity contribution in [3.8, 4) is 5.88 Å². The number of nitrogens with one attached hydrogen (secondary N) is 1. The lowest BCUT2D eigenvalue weighted by atomic mass is 10.1. The minimum absolute atomic E-state index is 0.0142. The SMILES string of the molecule is CNCc1nc(C=C2C=CC([O-])C=C2)c([O-])n1CC(C)=O. The van der Waals surface area contributed by atoms with Crippen molar-refractivity contribution in [1.29, 1.82) is 0 Å². The van der Waals surface area contributed by atoms with Crippen molar-refractivity contribution in [1.82, 2.24) is 14.9 Å². The predicted octanol–water partition coefficient (Wildman–Crippen LogP) is -0.497. The molecule has 1 aliphatic carbocycles. The van der Waals surface area contributed by atoms with Gasteiger partial charge in [0.2, 0.25) is 0 Å². The molecule has 1 aromatic rings. The summed E-state index contributed by atoms with van der Waals surface area (Å²) in [7, 11) is 1.75. The molecule has 0 radical (unpaired) electrons. The number of hydrogen-bond donors (Lipinski definition) is 1. The topological polar surface area (TPSA) is 93.0 Å². The van der Waals surface area contributed by atoms with Crippen molar-refractivity contribution in [2.24, 2.45) is 0 Å². The number of allylic oxidation sites excluding steroid dienone is 3. The molecule has 0 saturated heterocycles. The number of ketones is 1. The molecule has 0 unspecified atom stereocenters. The van der Waals surface area contributed by atoms with E-state index in [2.05, 4.69) is 10.3 Å². The fourth-order valence-corrected chi connectivity index (χ4v) is 2.06. The third kappa shape index (κ3) is 3.68. The van der Waals surface area contributed by atoms with E-state index in [0.717, 1.165) is 5.57 Å². The molecule has 1 aliphatic rings. The number of imidazole rings is 1. The van der Waals surface area contributed by atoms with Gasteiger partial charge in [-0.15, -0.1) is 0 Å². The molecule has 0 aliphatic heterocycles. The molecule has 21 heavy (non-hydrogen) atoms. The molecular weight excluding hydrogens is 270 g/mol. The summed E-state index contributed by atoms with van der Waals surface area (Å²) in [4.78, 5) is 15.6. The Hall–Kier alpha value is -2.18. The van der Waals surface area contributed by atoms with E-state index in [1.807, 2.05) is 0 Å². The van der Waals surface area contributed by atoms with Crippen LogP contribution in [-0.2, 0) is 17.9 Å². The van der Waals surface area contributed by atoms with E-state index in [1.165, 1.54) is 23.6 Å². The van der Waals surface area contributed by atoms with Crippen LogP contribution in [0.2, 0.25) is 0 Å². The Bertz CT molecular complexity index is 610. The smallest absolute Gasteiger partial charge is 0.149 e. The molecule has 0 saturated carbocycles. The first-order chi connectivity index (χ1) is 10.0. The molecule has 0 spiro atoms. The van der Waals surface area contributed by atoms with Crippen LogP contribution in [0.15, 0.2) is 29.9 Å². The van der Waals surface area contributed by atoms with Crippen molar-refractivity contribution in [2.75, 3.05) is 7.05 Å². The van der Waals surface area contributed by atoms with Crippen LogP contribution in [0.3, 0.4) is 0 Å². The van der Waals surface area contributed by atoms with Crippen molar-refractivity contribution >= 4 is 11.9 Å². The van der Waals surface area contributed by atoms with E-state index in [9.17, 15) is 15.0 Å². The molecular formula is C15H17N3O3-2. The number of nitrogens with zero attached hydrogens (tertiary/aromatic N) is 2. The molecule has 1 heterocycles. The second-order valence-corrected chi connectivity index (χ2v) is 4.86. The van der Waals surface area contributed by atoms with Crippen molar-refractivity contribution < 1.29 is 15.0 Å². The van der Waals surface area contributed by atoms with Gasteiger partial charge in [-0.3, -0.25) is 4.79 Å². The molecule has 112 valence electrons. The van der Waals surface area contributed by atoms with Crippen LogP contribution in [0, 0.1) is 0 Å². The summed E-state index contributed by atoms with van der Waals surface area (Å²) >= 11 is 0. The maximum atomic E-state index is 12.3. The van der Waals surface area contributed by atoms with Gasteiger partial charge in [0.05, 0.1) is 18.8 Å². The van der Waals surface area contributed by atoms with Crippen LogP contribution in [-0.4, -0.2) is 28.5 Å². The lowest BCUT2D eigenvalue weighted by molar-refractivity contribution is -0.387. The van der Waals surface area contributed by atoms with E-state index >= 15 is 0 Å². The predicted molar refractivity (Wildman–Crippen MR) is 75.2 cm³/mol. The van der Waals surface area contributed by atoms with Crippen LogP contribution in [0.1, 0.15) is 18.4 Å². The van der Waals surface area contributed by atoms with Gasteiger partial charge < -0.3 is 20.1 Å². The Morgan fingerprint density at radius 1 is 1.48 bits per heavy atom. The summed E-state index contributed by atoms with van der Waals surface area (Å²) in [5.74, 6) is 0.122. The Morgan fingerprint density at radius 3 is 2.71 bits per heavy atom. The average molecular weight is 287 g/mol. The average Bonchev–Trinajstić information content (AvgIpc) is 2.70. The zero-order chi connectivity index (χ0) is 15.4. The highest BCUT2D eigenvalue weighted by Gasteiger charge is 2.10. The second kappa shape index (κ2) is 6.51. The monoisotopic (exact) mass is 287 g/mol. The summed E-state index contributed by atoms with van der Waals surface area (Å²) in [6, 6.07) is 0. The Morgan fingerprint density at radius 2 is 2.14 bits per heavy atom. The highest BCUT2D eigenvalue weighted by Crippen LogP contribution is 2.21. The van der Waals surface area contributed by atoms with Crippen LogP contribution < -0.4 is 15.5 Å². The minimum Gasteiger partial charge on any atom is -0.859 e. The molecule has 1 aromatic heterocycles. The zero-order valence-electron chi connectivity index (χ0n) is 12.0. The summed E-state index contributed by atoms with van der Waals surface area (Å²) in [5.41, 5.74) is 1.01. The van der Waals surface area contributed by atoms with Crippen molar-refractivity contribution in [2.45, 2.75) is 26.1 Å². The van der Waals surface area contributed by atoms with Crippen LogP contribution >= 0.6 is 0 Å². The van der Waals surface area contributed by atoms with Gasteiger partial charge in [0.25, 0.3) is 0 Å². The fraction of sp³-hybridized carbons (Fsp3) is 0.333. The Kier molecular flexibility index (Phi) is 4.72. The number of aromatic nitrogens is 2. The summed E-state index contributed by atoms with van der Waals surface area (Å²) < 4.78 is 1.37. The second-order valence-electron chi connectivity index (χ2n) is 4.86. The zero-order valence-corrected chi connectivity index (χ0v) is 12.0. The summed E-state index contributed by atoms with van der Waals surface area (Å²) in [5, 5.41) is 26.4. The van der Waals surface area contributed by atoms with Gasteiger partial charge in [0.1, 0.15) is 11.6 Å². The van der Waals surface area contributed by atoms with E-state index in [1.54, 1.807) is 25.3 Å². The lowest BCUT2D eigenvalue weighted by Gasteiger charge is -2.16. The van der Waals surface area contributed by atoms with Gasteiger partial charge in [-0.2, -0.15) is 0 Å². The van der Waals surface area contributed by atoms with Crippen LogP contribution in [0.4, 0.5) is 0 Å². The highest BCUT2D eigenvalue weighted by molar-refractivity contribution is 5.76. The third-order valence-corrected chi connectivity index (χ3v) is 3.00. The van der Waals surface area contributed by atoms with Gasteiger partial charge in [-0.25, -0.2) is 4.98 Å².